The average Bonchev–Trinajstić information content (AvgIpc) is 3.18. The van der Waals surface area contributed by atoms with Crippen LogP contribution in [0.5, 0.6) is 5.75 Å². The lowest BCUT2D eigenvalue weighted by atomic mass is 10.00. The Kier molecular flexibility index (Phi) is 5.84. The number of oxime groups is 1. The third kappa shape index (κ3) is 4.49. The Bertz CT molecular complexity index is 989. The van der Waals surface area contributed by atoms with E-state index in [0.29, 0.717) is 16.7 Å². The van der Waals surface area contributed by atoms with Crippen LogP contribution in [-0.4, -0.2) is 11.8 Å². The molecule has 0 radical (unpaired) electrons. The van der Waals surface area contributed by atoms with Gasteiger partial charge in [-0.2, -0.15) is 0 Å². The molecule has 0 fully saturated rings. The summed E-state index contributed by atoms with van der Waals surface area (Å²) in [5.74, 6) is 0.824. The average molecular weight is 412 g/mol. The van der Waals surface area contributed by atoms with Crippen molar-refractivity contribution in [3.05, 3.63) is 99.5 Å². The molecule has 4 rings (SSSR count). The first-order valence-electron chi connectivity index (χ1n) is 9.12. The van der Waals surface area contributed by atoms with Gasteiger partial charge in [0.25, 0.3) is 0 Å². The first kappa shape index (κ1) is 18.9. The van der Waals surface area contributed by atoms with Crippen LogP contribution in [0.3, 0.4) is 0 Å². The Balaban J connectivity index is 1.41. The van der Waals surface area contributed by atoms with Gasteiger partial charge in [-0.15, -0.1) is 0 Å². The normalized spacial score (nSPS) is 15.8. The molecular weight excluding hydrogens is 393 g/mol. The van der Waals surface area contributed by atoms with Crippen molar-refractivity contribution in [2.24, 2.45) is 5.16 Å². The molecule has 28 heavy (non-hydrogen) atoms. The van der Waals surface area contributed by atoms with Gasteiger partial charge in [-0.05, 0) is 29.3 Å². The first-order chi connectivity index (χ1) is 13.7. The molecule has 1 atom stereocenters. The summed E-state index contributed by atoms with van der Waals surface area (Å²) in [5, 5.41) is 5.49. The van der Waals surface area contributed by atoms with Crippen molar-refractivity contribution in [1.29, 1.82) is 0 Å². The molecule has 142 valence electrons. The molecule has 0 bridgehead atoms. The van der Waals surface area contributed by atoms with Gasteiger partial charge >= 0.3 is 0 Å². The highest BCUT2D eigenvalue weighted by Gasteiger charge is 2.23. The summed E-state index contributed by atoms with van der Waals surface area (Å²) in [6.45, 7) is 0.379. The molecule has 0 unspecified atom stereocenters. The summed E-state index contributed by atoms with van der Waals surface area (Å²) < 4.78 is 6.05. The molecule has 0 aromatic heterocycles. The third-order valence-corrected chi connectivity index (χ3v) is 5.25. The zero-order chi connectivity index (χ0) is 19.3. The minimum atomic E-state index is -0.000856. The number of nitrogens with zero attached hydrogens (tertiary/aromatic N) is 1. The summed E-state index contributed by atoms with van der Waals surface area (Å²) >= 11 is 12.2. The molecule has 1 heterocycles. The summed E-state index contributed by atoms with van der Waals surface area (Å²) in [4.78, 5) is 5.67. The molecule has 0 aliphatic carbocycles. The number of hydrogen-bond donors (Lipinski definition) is 0. The molecular formula is C23H19Cl2NO2. The number of ether oxygens (including phenoxy) is 1. The van der Waals surface area contributed by atoms with Crippen LogP contribution in [-0.2, 0) is 17.9 Å². The van der Waals surface area contributed by atoms with Gasteiger partial charge in [-0.25, -0.2) is 0 Å². The summed E-state index contributed by atoms with van der Waals surface area (Å²) in [6, 6.07) is 23.5. The van der Waals surface area contributed by atoms with Gasteiger partial charge in [0.15, 0.2) is 0 Å². The highest BCUT2D eigenvalue weighted by atomic mass is 35.5. The Morgan fingerprint density at radius 2 is 1.71 bits per heavy atom. The van der Waals surface area contributed by atoms with Gasteiger partial charge in [-0.1, -0.05) is 83.0 Å². The van der Waals surface area contributed by atoms with E-state index in [0.717, 1.165) is 41.0 Å². The fourth-order valence-electron chi connectivity index (χ4n) is 3.19. The van der Waals surface area contributed by atoms with Crippen LogP contribution < -0.4 is 4.74 Å². The largest absolute Gasteiger partial charge is 0.489 e. The van der Waals surface area contributed by atoms with Crippen LogP contribution in [0.4, 0.5) is 0 Å². The molecule has 0 amide bonds. The molecule has 1 aliphatic rings. The fourth-order valence-corrected chi connectivity index (χ4v) is 3.65. The van der Waals surface area contributed by atoms with Gasteiger partial charge in [0.1, 0.15) is 18.5 Å². The summed E-state index contributed by atoms with van der Waals surface area (Å²) in [6.07, 6.45) is 1.50. The van der Waals surface area contributed by atoms with Crippen LogP contribution in [0, 0.1) is 0 Å². The smallest absolute Gasteiger partial charge is 0.137 e. The number of rotatable bonds is 6. The number of benzene rings is 3. The van der Waals surface area contributed by atoms with Gasteiger partial charge < -0.3 is 9.57 Å². The molecule has 5 heteroatoms. The highest BCUT2D eigenvalue weighted by Crippen LogP contribution is 2.27. The van der Waals surface area contributed by atoms with E-state index in [9.17, 15) is 0 Å². The first-order valence-corrected chi connectivity index (χ1v) is 9.87. The molecule has 0 saturated carbocycles. The fraction of sp³-hybridized carbons (Fsp3) is 0.174. The monoisotopic (exact) mass is 411 g/mol. The Morgan fingerprint density at radius 1 is 0.929 bits per heavy atom. The Morgan fingerprint density at radius 3 is 2.54 bits per heavy atom. The maximum Gasteiger partial charge on any atom is 0.137 e. The van der Waals surface area contributed by atoms with Gasteiger partial charge in [0.2, 0.25) is 0 Å². The maximum atomic E-state index is 6.25. The summed E-state index contributed by atoms with van der Waals surface area (Å²) in [7, 11) is 0. The van der Waals surface area contributed by atoms with Crippen molar-refractivity contribution in [2.75, 3.05) is 0 Å². The van der Waals surface area contributed by atoms with E-state index in [-0.39, 0.29) is 6.10 Å². The van der Waals surface area contributed by atoms with Crippen LogP contribution in [0.2, 0.25) is 10.0 Å². The van der Waals surface area contributed by atoms with Gasteiger partial charge in [-0.3, -0.25) is 0 Å². The topological polar surface area (TPSA) is 30.8 Å². The van der Waals surface area contributed by atoms with E-state index < -0.39 is 0 Å². The lowest BCUT2D eigenvalue weighted by Gasteiger charge is -2.14. The zero-order valence-corrected chi connectivity index (χ0v) is 16.7. The zero-order valence-electron chi connectivity index (χ0n) is 15.1. The molecule has 3 aromatic carbocycles. The van der Waals surface area contributed by atoms with Crippen LogP contribution >= 0.6 is 23.2 Å². The van der Waals surface area contributed by atoms with Crippen molar-refractivity contribution in [1.82, 2.24) is 0 Å². The van der Waals surface area contributed by atoms with Gasteiger partial charge in [0, 0.05) is 28.5 Å². The molecule has 3 nitrogen and oxygen atoms in total. The van der Waals surface area contributed by atoms with Crippen LogP contribution in [0.25, 0.3) is 0 Å². The second kappa shape index (κ2) is 8.68. The predicted octanol–water partition coefficient (Wildman–Crippen LogP) is 6.31. The standard InChI is InChI=1S/C23H19Cl2NO2/c24-19-11-10-18(21(25)13-19)15-27-23-9-5-4-8-17(23)12-20-14-22(26-28-20)16-6-2-1-3-7-16/h1-11,13,20H,12,14-15H2/t20-/m0/s1. The lowest BCUT2D eigenvalue weighted by Crippen LogP contribution is -2.13. The van der Waals surface area contributed by atoms with Crippen molar-refractivity contribution in [2.45, 2.75) is 25.6 Å². The third-order valence-electron chi connectivity index (χ3n) is 4.66. The predicted molar refractivity (Wildman–Crippen MR) is 113 cm³/mol. The molecule has 0 saturated heterocycles. The Labute approximate surface area is 174 Å². The minimum Gasteiger partial charge on any atom is -0.489 e. The number of para-hydroxylation sites is 1. The van der Waals surface area contributed by atoms with E-state index in [2.05, 4.69) is 23.4 Å². The van der Waals surface area contributed by atoms with E-state index in [1.807, 2.05) is 48.5 Å². The molecule has 0 spiro atoms. The highest BCUT2D eigenvalue weighted by molar-refractivity contribution is 6.35. The SMILES string of the molecule is Clc1ccc(COc2ccccc2C[C@H]2CC(c3ccccc3)=NO2)c(Cl)c1. The number of hydrogen-bond acceptors (Lipinski definition) is 3. The van der Waals surface area contributed by atoms with Crippen LogP contribution in [0.15, 0.2) is 78.0 Å². The van der Waals surface area contributed by atoms with E-state index in [1.165, 1.54) is 0 Å². The maximum absolute atomic E-state index is 6.25. The van der Waals surface area contributed by atoms with Crippen molar-refractivity contribution < 1.29 is 9.57 Å². The minimum absolute atomic E-state index is 0.000856. The molecule has 3 aromatic rings. The lowest BCUT2D eigenvalue weighted by molar-refractivity contribution is 0.0852. The second-order valence-electron chi connectivity index (χ2n) is 6.67. The number of halogens is 2. The van der Waals surface area contributed by atoms with Crippen molar-refractivity contribution in [3.63, 3.8) is 0 Å². The molecule has 1 aliphatic heterocycles. The second-order valence-corrected chi connectivity index (χ2v) is 7.52. The van der Waals surface area contributed by atoms with Crippen LogP contribution in [0.1, 0.15) is 23.1 Å². The molecule has 0 N–H and O–H groups in total. The summed E-state index contributed by atoms with van der Waals surface area (Å²) in [5.41, 5.74) is 4.07. The van der Waals surface area contributed by atoms with Gasteiger partial charge in [0.05, 0.1) is 5.71 Å². The Hall–Kier alpha value is -2.49. The van der Waals surface area contributed by atoms with E-state index >= 15 is 0 Å². The van der Waals surface area contributed by atoms with E-state index in [1.54, 1.807) is 6.07 Å². The van der Waals surface area contributed by atoms with E-state index in [4.69, 9.17) is 32.8 Å². The van der Waals surface area contributed by atoms with Crippen molar-refractivity contribution >= 4 is 28.9 Å². The van der Waals surface area contributed by atoms with Crippen molar-refractivity contribution in [3.8, 4) is 5.75 Å². The quantitative estimate of drug-likeness (QED) is 0.475.